The maximum atomic E-state index is 12.8. The van der Waals surface area contributed by atoms with E-state index in [1.54, 1.807) is 29.4 Å². The van der Waals surface area contributed by atoms with E-state index in [2.05, 4.69) is 4.98 Å². The molecule has 0 aliphatic carbocycles. The predicted molar refractivity (Wildman–Crippen MR) is 108 cm³/mol. The highest BCUT2D eigenvalue weighted by atomic mass is 16.5. The van der Waals surface area contributed by atoms with Crippen LogP contribution in [0.1, 0.15) is 21.5 Å². The van der Waals surface area contributed by atoms with Gasteiger partial charge in [-0.2, -0.15) is 0 Å². The van der Waals surface area contributed by atoms with Crippen LogP contribution in [0, 0.1) is 0 Å². The van der Waals surface area contributed by atoms with Crippen LogP contribution in [-0.4, -0.2) is 42.0 Å². The van der Waals surface area contributed by atoms with Crippen LogP contribution in [0.4, 0.5) is 0 Å². The fourth-order valence-electron chi connectivity index (χ4n) is 3.06. The summed E-state index contributed by atoms with van der Waals surface area (Å²) in [5.74, 6) is -0.371. The molecule has 0 radical (unpaired) electrons. The van der Waals surface area contributed by atoms with Gasteiger partial charge in [0.25, 0.3) is 0 Å². The van der Waals surface area contributed by atoms with Crippen molar-refractivity contribution in [3.8, 4) is 0 Å². The van der Waals surface area contributed by atoms with Crippen molar-refractivity contribution in [2.24, 2.45) is 5.73 Å². The van der Waals surface area contributed by atoms with Gasteiger partial charge in [-0.1, -0.05) is 30.3 Å². The third kappa shape index (κ3) is 4.72. The van der Waals surface area contributed by atoms with Gasteiger partial charge in [0.1, 0.15) is 0 Å². The highest BCUT2D eigenvalue weighted by Gasteiger charge is 2.15. The van der Waals surface area contributed by atoms with Gasteiger partial charge in [-0.05, 0) is 34.7 Å². The number of carbonyl (C=O) groups is 2. The Morgan fingerprint density at radius 2 is 1.79 bits per heavy atom. The van der Waals surface area contributed by atoms with E-state index in [9.17, 15) is 9.59 Å². The van der Waals surface area contributed by atoms with Crippen molar-refractivity contribution >= 4 is 22.6 Å². The van der Waals surface area contributed by atoms with Gasteiger partial charge in [-0.25, -0.2) is 4.79 Å². The third-order valence-electron chi connectivity index (χ3n) is 4.56. The maximum Gasteiger partial charge on any atom is 0.337 e. The Kier molecular flexibility index (Phi) is 6.34. The van der Waals surface area contributed by atoms with Crippen molar-refractivity contribution in [1.82, 2.24) is 9.88 Å². The molecule has 1 heterocycles. The summed E-state index contributed by atoms with van der Waals surface area (Å²) in [6.07, 6.45) is 3.85. The van der Waals surface area contributed by atoms with E-state index in [1.165, 1.54) is 7.11 Å². The SMILES string of the molecule is COC(=O)c1ccc(CN(CCN)C(=O)Cc2ccc3cnccc3c2)cc1. The standard InChI is InChI=1S/C22H23N3O3/c1-28-22(27)18-5-2-16(3-6-18)15-25(11-9-23)21(26)13-17-4-7-20-14-24-10-8-19(20)12-17/h2-8,10,12,14H,9,11,13,15,23H2,1H3. The second kappa shape index (κ2) is 9.10. The van der Waals surface area contributed by atoms with Gasteiger partial charge in [0.15, 0.2) is 0 Å². The normalized spacial score (nSPS) is 10.6. The van der Waals surface area contributed by atoms with Gasteiger partial charge in [0, 0.05) is 37.4 Å². The molecule has 1 amide bonds. The number of fused-ring (bicyclic) bond motifs is 1. The summed E-state index contributed by atoms with van der Waals surface area (Å²) in [6, 6.07) is 14.9. The fourth-order valence-corrected chi connectivity index (χ4v) is 3.06. The van der Waals surface area contributed by atoms with Crippen LogP contribution in [0.2, 0.25) is 0 Å². The van der Waals surface area contributed by atoms with Gasteiger partial charge in [-0.3, -0.25) is 9.78 Å². The van der Waals surface area contributed by atoms with Crippen molar-refractivity contribution in [1.29, 1.82) is 0 Å². The number of benzene rings is 2. The van der Waals surface area contributed by atoms with Crippen molar-refractivity contribution in [3.63, 3.8) is 0 Å². The van der Waals surface area contributed by atoms with Crippen molar-refractivity contribution in [2.75, 3.05) is 20.2 Å². The van der Waals surface area contributed by atoms with Crippen molar-refractivity contribution in [2.45, 2.75) is 13.0 Å². The zero-order chi connectivity index (χ0) is 19.9. The molecule has 2 aromatic carbocycles. The largest absolute Gasteiger partial charge is 0.465 e. The molecule has 1 aromatic heterocycles. The number of nitrogens with two attached hydrogens (primary N) is 1. The van der Waals surface area contributed by atoms with Crippen molar-refractivity contribution in [3.05, 3.63) is 77.6 Å². The van der Waals surface area contributed by atoms with E-state index < -0.39 is 0 Å². The van der Waals surface area contributed by atoms with Gasteiger partial charge in [0.05, 0.1) is 19.1 Å². The number of hydrogen-bond donors (Lipinski definition) is 1. The first kappa shape index (κ1) is 19.5. The topological polar surface area (TPSA) is 85.5 Å². The minimum Gasteiger partial charge on any atom is -0.465 e. The monoisotopic (exact) mass is 377 g/mol. The van der Waals surface area contributed by atoms with Gasteiger partial charge in [0.2, 0.25) is 5.91 Å². The summed E-state index contributed by atoms with van der Waals surface area (Å²) >= 11 is 0. The minimum absolute atomic E-state index is 0.0101. The Morgan fingerprint density at radius 1 is 1.04 bits per heavy atom. The van der Waals surface area contributed by atoms with E-state index in [1.807, 2.05) is 36.4 Å². The van der Waals surface area contributed by atoms with E-state index in [0.29, 0.717) is 31.6 Å². The molecule has 28 heavy (non-hydrogen) atoms. The second-order valence-electron chi connectivity index (χ2n) is 6.53. The number of methoxy groups -OCH3 is 1. The van der Waals surface area contributed by atoms with Crippen LogP contribution in [0.15, 0.2) is 60.9 Å². The molecule has 0 saturated carbocycles. The Balaban J connectivity index is 1.71. The van der Waals surface area contributed by atoms with E-state index in [4.69, 9.17) is 10.5 Å². The summed E-state index contributed by atoms with van der Waals surface area (Å²) in [6.45, 7) is 1.29. The number of pyridine rings is 1. The highest BCUT2D eigenvalue weighted by Crippen LogP contribution is 2.16. The molecule has 0 aliphatic rings. The predicted octanol–water partition coefficient (Wildman–Crippen LogP) is 2.55. The number of ether oxygens (including phenoxy) is 1. The number of aromatic nitrogens is 1. The highest BCUT2D eigenvalue weighted by molar-refractivity contribution is 5.89. The summed E-state index contributed by atoms with van der Waals surface area (Å²) in [5, 5.41) is 2.10. The molecular weight excluding hydrogens is 354 g/mol. The van der Waals surface area contributed by atoms with Crippen LogP contribution >= 0.6 is 0 Å². The molecule has 0 bridgehead atoms. The quantitative estimate of drug-likeness (QED) is 0.640. The molecule has 6 nitrogen and oxygen atoms in total. The molecule has 2 N–H and O–H groups in total. The molecule has 3 aromatic rings. The lowest BCUT2D eigenvalue weighted by molar-refractivity contribution is -0.131. The first-order valence-electron chi connectivity index (χ1n) is 9.08. The smallest absolute Gasteiger partial charge is 0.337 e. The number of rotatable bonds is 7. The Bertz CT molecular complexity index is 970. The fraction of sp³-hybridized carbons (Fsp3) is 0.227. The molecular formula is C22H23N3O3. The molecule has 0 spiro atoms. The molecule has 144 valence electrons. The Labute approximate surface area is 163 Å². The lowest BCUT2D eigenvalue weighted by atomic mass is 10.1. The zero-order valence-corrected chi connectivity index (χ0v) is 15.8. The van der Waals surface area contributed by atoms with Gasteiger partial charge >= 0.3 is 5.97 Å². The third-order valence-corrected chi connectivity index (χ3v) is 4.56. The number of carbonyl (C=O) groups excluding carboxylic acids is 2. The molecule has 0 atom stereocenters. The van der Waals surface area contributed by atoms with Gasteiger partial charge in [-0.15, -0.1) is 0 Å². The average Bonchev–Trinajstić information content (AvgIpc) is 2.73. The van der Waals surface area contributed by atoms with Crippen LogP contribution in [0.5, 0.6) is 0 Å². The maximum absolute atomic E-state index is 12.8. The number of amides is 1. The van der Waals surface area contributed by atoms with Crippen molar-refractivity contribution < 1.29 is 14.3 Å². The number of esters is 1. The first-order valence-corrected chi connectivity index (χ1v) is 9.08. The lowest BCUT2D eigenvalue weighted by Crippen LogP contribution is -2.35. The summed E-state index contributed by atoms with van der Waals surface area (Å²) < 4.78 is 4.71. The first-order chi connectivity index (χ1) is 13.6. The summed E-state index contributed by atoms with van der Waals surface area (Å²) in [7, 11) is 1.35. The lowest BCUT2D eigenvalue weighted by Gasteiger charge is -2.22. The molecule has 0 unspecified atom stereocenters. The van der Waals surface area contributed by atoms with E-state index >= 15 is 0 Å². The van der Waals surface area contributed by atoms with Crippen LogP contribution in [-0.2, 0) is 22.5 Å². The Hall–Kier alpha value is -3.25. The van der Waals surface area contributed by atoms with Crippen LogP contribution in [0.3, 0.4) is 0 Å². The summed E-state index contributed by atoms with van der Waals surface area (Å²) in [5.41, 5.74) is 8.07. The number of nitrogens with zero attached hydrogens (tertiary/aromatic N) is 2. The number of hydrogen-bond acceptors (Lipinski definition) is 5. The molecule has 0 saturated heterocycles. The van der Waals surface area contributed by atoms with Crippen LogP contribution < -0.4 is 5.73 Å². The zero-order valence-electron chi connectivity index (χ0n) is 15.8. The van der Waals surface area contributed by atoms with E-state index in [0.717, 1.165) is 21.9 Å². The average molecular weight is 377 g/mol. The molecule has 0 fully saturated rings. The Morgan fingerprint density at radius 3 is 2.50 bits per heavy atom. The summed E-state index contributed by atoms with van der Waals surface area (Å²) in [4.78, 5) is 30.2. The second-order valence-corrected chi connectivity index (χ2v) is 6.53. The molecule has 0 aliphatic heterocycles. The minimum atomic E-state index is -0.382. The van der Waals surface area contributed by atoms with E-state index in [-0.39, 0.29) is 11.9 Å². The molecule has 3 rings (SSSR count). The van der Waals surface area contributed by atoms with Gasteiger partial charge < -0.3 is 15.4 Å². The van der Waals surface area contributed by atoms with Crippen LogP contribution in [0.25, 0.3) is 10.8 Å². The molecule has 6 heteroatoms.